The number of phenols is 2. The fourth-order valence-corrected chi connectivity index (χ4v) is 4.89. The van der Waals surface area contributed by atoms with Gasteiger partial charge in [-0.3, -0.25) is 19.6 Å². The van der Waals surface area contributed by atoms with Crippen LogP contribution in [0.2, 0.25) is 0 Å². The summed E-state index contributed by atoms with van der Waals surface area (Å²) in [5.41, 5.74) is 3.07. The Labute approximate surface area is 257 Å². The fourth-order valence-electron chi connectivity index (χ4n) is 4.89. The molecule has 0 aromatic heterocycles. The van der Waals surface area contributed by atoms with Gasteiger partial charge in [0.2, 0.25) is 0 Å². The molecule has 4 N–H and O–H groups in total. The predicted molar refractivity (Wildman–Crippen MR) is 172 cm³/mol. The van der Waals surface area contributed by atoms with Crippen LogP contribution in [-0.4, -0.2) is 112 Å². The standard InChI is InChI=1S/C32H40N6O6/c1-37-11-5-7-21(19-37)31(41)35-25-13-23(29(39)27(15-25)43-3)17-33-9-10-34-18-24-14-26(16-28(44-4)30(24)40)36-32(42)22-8-6-12-38(2)20-22/h7-8,13-18,39-40H,5-6,9-12,19-20H2,1-4H3,(H,35,41)(H,36,42). The van der Waals surface area contributed by atoms with E-state index in [0.29, 0.717) is 46.7 Å². The Morgan fingerprint density at radius 3 is 1.55 bits per heavy atom. The van der Waals surface area contributed by atoms with Crippen molar-refractivity contribution in [3.63, 3.8) is 0 Å². The first kappa shape index (κ1) is 32.2. The molecular weight excluding hydrogens is 564 g/mol. The minimum atomic E-state index is -0.205. The fraction of sp³-hybridized carbons (Fsp3) is 0.375. The van der Waals surface area contributed by atoms with Gasteiger partial charge in [-0.2, -0.15) is 0 Å². The van der Waals surface area contributed by atoms with Crippen LogP contribution in [0.15, 0.2) is 57.5 Å². The maximum atomic E-state index is 12.8. The molecule has 0 bridgehead atoms. The number of nitrogens with one attached hydrogen (secondary N) is 2. The second-order valence-electron chi connectivity index (χ2n) is 10.7. The largest absolute Gasteiger partial charge is 0.504 e. The number of hydrogen-bond donors (Lipinski definition) is 4. The van der Waals surface area contributed by atoms with E-state index in [1.54, 1.807) is 24.3 Å². The Bertz CT molecular complexity index is 1390. The van der Waals surface area contributed by atoms with E-state index >= 15 is 0 Å². The molecule has 0 spiro atoms. The van der Waals surface area contributed by atoms with Crippen molar-refractivity contribution >= 4 is 35.6 Å². The lowest BCUT2D eigenvalue weighted by Crippen LogP contribution is -2.30. The third-order valence-corrected chi connectivity index (χ3v) is 7.25. The van der Waals surface area contributed by atoms with Crippen LogP contribution in [0, 0.1) is 0 Å². The Balaban J connectivity index is 1.39. The van der Waals surface area contributed by atoms with E-state index in [0.717, 1.165) is 25.9 Å². The van der Waals surface area contributed by atoms with Crippen molar-refractivity contribution in [3.8, 4) is 23.0 Å². The van der Waals surface area contributed by atoms with E-state index in [4.69, 9.17) is 9.47 Å². The first-order valence-electron chi connectivity index (χ1n) is 14.4. The zero-order chi connectivity index (χ0) is 31.6. The first-order chi connectivity index (χ1) is 21.2. The van der Waals surface area contributed by atoms with E-state index in [2.05, 4.69) is 30.4 Å². The molecule has 2 heterocycles. The van der Waals surface area contributed by atoms with Crippen LogP contribution >= 0.6 is 0 Å². The number of anilines is 2. The number of aromatic hydroxyl groups is 2. The summed E-state index contributed by atoms with van der Waals surface area (Å²) in [7, 11) is 6.81. The molecule has 0 radical (unpaired) electrons. The average Bonchev–Trinajstić information content (AvgIpc) is 3.01. The number of hydrogen-bond acceptors (Lipinski definition) is 10. The highest BCUT2D eigenvalue weighted by molar-refractivity contribution is 6.05. The smallest absolute Gasteiger partial charge is 0.252 e. The highest BCUT2D eigenvalue weighted by Gasteiger charge is 2.19. The molecule has 2 aliphatic rings. The van der Waals surface area contributed by atoms with Crippen LogP contribution in [0.1, 0.15) is 24.0 Å². The minimum absolute atomic E-state index is 0.0964. The van der Waals surface area contributed by atoms with Crippen LogP contribution in [0.3, 0.4) is 0 Å². The lowest BCUT2D eigenvalue weighted by molar-refractivity contribution is -0.114. The SMILES string of the molecule is COc1cc(NC(=O)C2=CCCN(C)C2)cc(C=NCCN=Cc2cc(NC(=O)C3=CCCN(C)C3)cc(OC)c2O)c1O. The predicted octanol–water partition coefficient (Wildman–Crippen LogP) is 3.05. The number of rotatable bonds is 11. The van der Waals surface area contributed by atoms with Crippen molar-refractivity contribution in [3.05, 3.63) is 58.7 Å². The summed E-state index contributed by atoms with van der Waals surface area (Å²) in [5.74, 6) is -0.186. The van der Waals surface area contributed by atoms with E-state index in [-0.39, 0.29) is 47.9 Å². The zero-order valence-electron chi connectivity index (χ0n) is 25.6. The van der Waals surface area contributed by atoms with Crippen molar-refractivity contribution in [2.45, 2.75) is 12.8 Å². The summed E-state index contributed by atoms with van der Waals surface area (Å²) >= 11 is 0. The maximum absolute atomic E-state index is 12.8. The van der Waals surface area contributed by atoms with Crippen LogP contribution in [0.5, 0.6) is 23.0 Å². The van der Waals surface area contributed by atoms with E-state index in [1.165, 1.54) is 26.6 Å². The number of carbonyl (C=O) groups is 2. The third-order valence-electron chi connectivity index (χ3n) is 7.25. The van der Waals surface area contributed by atoms with Crippen molar-refractivity contribution in [2.24, 2.45) is 9.98 Å². The number of phenolic OH excluding ortho intramolecular Hbond substituents is 2. The number of methoxy groups -OCH3 is 2. The second kappa shape index (κ2) is 15.2. The topological polar surface area (TPSA) is 148 Å². The van der Waals surface area contributed by atoms with Gasteiger partial charge < -0.3 is 40.1 Å². The number of amides is 2. The molecule has 0 fully saturated rings. The van der Waals surface area contributed by atoms with Gasteiger partial charge in [-0.1, -0.05) is 12.2 Å². The van der Waals surface area contributed by atoms with Crippen molar-refractivity contribution in [2.75, 3.05) is 78.2 Å². The summed E-state index contributed by atoms with van der Waals surface area (Å²) in [6.07, 6.45) is 8.47. The van der Waals surface area contributed by atoms with Crippen LogP contribution in [0.4, 0.5) is 11.4 Å². The molecule has 2 amide bonds. The zero-order valence-corrected chi connectivity index (χ0v) is 25.6. The van der Waals surface area contributed by atoms with Gasteiger partial charge in [-0.15, -0.1) is 0 Å². The van der Waals surface area contributed by atoms with Crippen molar-refractivity contribution in [1.82, 2.24) is 9.80 Å². The quantitative estimate of drug-likeness (QED) is 0.174. The summed E-state index contributed by atoms with van der Waals surface area (Å²) in [4.78, 5) is 38.4. The molecule has 234 valence electrons. The normalized spacial score (nSPS) is 16.1. The summed E-state index contributed by atoms with van der Waals surface area (Å²) < 4.78 is 10.6. The van der Waals surface area contributed by atoms with Gasteiger partial charge in [0.15, 0.2) is 23.0 Å². The molecule has 12 nitrogen and oxygen atoms in total. The summed E-state index contributed by atoms with van der Waals surface area (Å²) in [5, 5.41) is 26.9. The lowest BCUT2D eigenvalue weighted by Gasteiger charge is -2.22. The average molecular weight is 605 g/mol. The first-order valence-corrected chi connectivity index (χ1v) is 14.4. The number of carbonyl (C=O) groups excluding carboxylic acids is 2. The second-order valence-corrected chi connectivity index (χ2v) is 10.7. The number of nitrogens with zero attached hydrogens (tertiary/aromatic N) is 4. The van der Waals surface area contributed by atoms with E-state index in [1.807, 2.05) is 26.2 Å². The molecule has 0 aliphatic carbocycles. The van der Waals surface area contributed by atoms with Crippen LogP contribution < -0.4 is 20.1 Å². The van der Waals surface area contributed by atoms with Gasteiger partial charge in [-0.25, -0.2) is 0 Å². The van der Waals surface area contributed by atoms with Crippen LogP contribution in [0.25, 0.3) is 0 Å². The number of aliphatic imine (C=N–C) groups is 2. The minimum Gasteiger partial charge on any atom is -0.504 e. The number of benzene rings is 2. The Kier molecular flexibility index (Phi) is 11.1. The van der Waals surface area contributed by atoms with Gasteiger partial charge in [0, 0.05) is 84.4 Å². The Morgan fingerprint density at radius 1 is 0.773 bits per heavy atom. The summed E-state index contributed by atoms with van der Waals surface area (Å²) in [6, 6.07) is 6.37. The molecule has 2 aromatic rings. The molecule has 0 saturated carbocycles. The van der Waals surface area contributed by atoms with E-state index < -0.39 is 0 Å². The summed E-state index contributed by atoms with van der Waals surface area (Å²) in [6.45, 7) is 3.51. The molecule has 44 heavy (non-hydrogen) atoms. The molecule has 4 rings (SSSR count). The van der Waals surface area contributed by atoms with Crippen molar-refractivity contribution in [1.29, 1.82) is 0 Å². The van der Waals surface area contributed by atoms with E-state index in [9.17, 15) is 19.8 Å². The van der Waals surface area contributed by atoms with Gasteiger partial charge in [0.25, 0.3) is 11.8 Å². The third kappa shape index (κ3) is 8.45. The highest BCUT2D eigenvalue weighted by atomic mass is 16.5. The molecule has 0 atom stereocenters. The van der Waals surface area contributed by atoms with Gasteiger partial charge in [-0.05, 0) is 39.1 Å². The lowest BCUT2D eigenvalue weighted by atomic mass is 10.1. The maximum Gasteiger partial charge on any atom is 0.252 e. The van der Waals surface area contributed by atoms with Gasteiger partial charge in [0.1, 0.15) is 0 Å². The van der Waals surface area contributed by atoms with Crippen LogP contribution in [-0.2, 0) is 9.59 Å². The van der Waals surface area contributed by atoms with Gasteiger partial charge in [0.05, 0.1) is 27.3 Å². The highest BCUT2D eigenvalue weighted by Crippen LogP contribution is 2.34. The molecule has 2 aliphatic heterocycles. The van der Waals surface area contributed by atoms with Crippen molar-refractivity contribution < 1.29 is 29.3 Å². The molecule has 0 unspecified atom stereocenters. The number of likely N-dealkylation sites (N-methyl/N-ethyl adjacent to an activating group) is 2. The molecule has 12 heteroatoms. The Hall–Kier alpha value is -4.68. The Morgan fingerprint density at radius 2 is 1.18 bits per heavy atom. The molecule has 2 aromatic carbocycles. The molecule has 0 saturated heterocycles. The number of ether oxygens (including phenoxy) is 2. The molecular formula is C32H40N6O6. The monoisotopic (exact) mass is 604 g/mol. The van der Waals surface area contributed by atoms with Gasteiger partial charge >= 0.3 is 0 Å².